The summed E-state index contributed by atoms with van der Waals surface area (Å²) in [4.78, 5) is 10.9. The van der Waals surface area contributed by atoms with Crippen LogP contribution in [0.1, 0.15) is 32.3 Å². The van der Waals surface area contributed by atoms with E-state index in [0.717, 1.165) is 12.8 Å². The van der Waals surface area contributed by atoms with Gasteiger partial charge in [0.1, 0.15) is 5.54 Å². The van der Waals surface area contributed by atoms with Crippen molar-refractivity contribution >= 4 is 5.97 Å². The molecule has 0 fully saturated rings. The molecule has 0 amide bonds. The van der Waals surface area contributed by atoms with Crippen LogP contribution in [-0.2, 0) is 11.2 Å². The number of hydrogen-bond acceptors (Lipinski definition) is 2. The highest BCUT2D eigenvalue weighted by molar-refractivity contribution is 5.77. The molecule has 1 aromatic carbocycles. The van der Waals surface area contributed by atoms with Crippen LogP contribution < -0.4 is 5.73 Å². The van der Waals surface area contributed by atoms with E-state index >= 15 is 0 Å². The number of aliphatic carboxylic acids is 1. The minimum Gasteiger partial charge on any atom is -0.480 e. The Morgan fingerprint density at radius 2 is 2.00 bits per heavy atom. The van der Waals surface area contributed by atoms with Crippen molar-refractivity contribution in [3.8, 4) is 0 Å². The Bertz CT molecular complexity index is 360. The third kappa shape index (κ3) is 4.57. The lowest BCUT2D eigenvalue weighted by Gasteiger charge is -2.21. The average Bonchev–Trinajstić information content (AvgIpc) is 2.28. The van der Waals surface area contributed by atoms with Crippen LogP contribution in [0.5, 0.6) is 0 Å². The van der Waals surface area contributed by atoms with E-state index in [2.05, 4.69) is 19.1 Å². The summed E-state index contributed by atoms with van der Waals surface area (Å²) in [7, 11) is 0. The van der Waals surface area contributed by atoms with Crippen LogP contribution in [0.15, 0.2) is 30.3 Å². The van der Waals surface area contributed by atoms with Gasteiger partial charge in [-0.25, -0.2) is 0 Å². The lowest BCUT2D eigenvalue weighted by Crippen LogP contribution is -2.45. The molecule has 0 aliphatic heterocycles. The van der Waals surface area contributed by atoms with Gasteiger partial charge in [-0.05, 0) is 37.7 Å². The first-order valence-corrected chi connectivity index (χ1v) is 5.98. The molecular weight excluding hydrogens is 214 g/mol. The fourth-order valence-corrected chi connectivity index (χ4v) is 1.77. The van der Waals surface area contributed by atoms with Crippen LogP contribution >= 0.6 is 0 Å². The molecule has 0 heterocycles. The molecule has 0 saturated heterocycles. The second-order valence-electron chi connectivity index (χ2n) is 5.06. The van der Waals surface area contributed by atoms with Gasteiger partial charge in [0.2, 0.25) is 0 Å². The maximum Gasteiger partial charge on any atom is 0.323 e. The van der Waals surface area contributed by atoms with Crippen molar-refractivity contribution in [2.45, 2.75) is 38.6 Å². The molecule has 3 nitrogen and oxygen atoms in total. The number of carboxylic acids is 1. The average molecular weight is 235 g/mol. The minimum absolute atomic E-state index is 0.444. The molecule has 3 N–H and O–H groups in total. The first kappa shape index (κ1) is 13.7. The first-order chi connectivity index (χ1) is 7.92. The van der Waals surface area contributed by atoms with Crippen molar-refractivity contribution in [1.82, 2.24) is 0 Å². The van der Waals surface area contributed by atoms with E-state index in [4.69, 9.17) is 10.8 Å². The summed E-state index contributed by atoms with van der Waals surface area (Å²) in [5.41, 5.74) is 5.88. The number of benzene rings is 1. The van der Waals surface area contributed by atoms with Gasteiger partial charge in [0.25, 0.3) is 0 Å². The van der Waals surface area contributed by atoms with E-state index in [9.17, 15) is 4.79 Å². The lowest BCUT2D eigenvalue weighted by molar-refractivity contribution is -0.143. The topological polar surface area (TPSA) is 63.3 Å². The van der Waals surface area contributed by atoms with E-state index in [-0.39, 0.29) is 0 Å². The summed E-state index contributed by atoms with van der Waals surface area (Å²) in [6, 6.07) is 10.2. The van der Waals surface area contributed by atoms with Crippen molar-refractivity contribution in [2.75, 3.05) is 0 Å². The highest BCUT2D eigenvalue weighted by Crippen LogP contribution is 2.18. The molecule has 1 rings (SSSR count). The fraction of sp³-hybridized carbons (Fsp3) is 0.500. The third-order valence-electron chi connectivity index (χ3n) is 3.07. The highest BCUT2D eigenvalue weighted by Gasteiger charge is 2.27. The zero-order valence-electron chi connectivity index (χ0n) is 10.5. The van der Waals surface area contributed by atoms with Crippen molar-refractivity contribution in [3.63, 3.8) is 0 Å². The summed E-state index contributed by atoms with van der Waals surface area (Å²) in [5, 5.41) is 8.92. The highest BCUT2D eigenvalue weighted by atomic mass is 16.4. The van der Waals surface area contributed by atoms with Gasteiger partial charge in [0.15, 0.2) is 0 Å². The monoisotopic (exact) mass is 235 g/mol. The molecule has 0 aromatic heterocycles. The Balaban J connectivity index is 2.41. The number of carboxylic acid groups (broad SMARTS) is 1. The van der Waals surface area contributed by atoms with E-state index in [1.807, 2.05) is 18.2 Å². The van der Waals surface area contributed by atoms with Crippen molar-refractivity contribution in [1.29, 1.82) is 0 Å². The van der Waals surface area contributed by atoms with Gasteiger partial charge >= 0.3 is 5.97 Å². The van der Waals surface area contributed by atoms with E-state index in [0.29, 0.717) is 12.3 Å². The van der Waals surface area contributed by atoms with Crippen LogP contribution in [0.4, 0.5) is 0 Å². The first-order valence-electron chi connectivity index (χ1n) is 5.98. The standard InChI is InChI=1S/C14H21NO2/c1-11(8-9-14(2,15)13(16)17)10-12-6-4-3-5-7-12/h3-7,11H,8-10,15H2,1-2H3,(H,16,17). The van der Waals surface area contributed by atoms with Gasteiger partial charge in [0.05, 0.1) is 0 Å². The molecule has 2 atom stereocenters. The minimum atomic E-state index is -1.11. The Morgan fingerprint density at radius 1 is 1.41 bits per heavy atom. The molecule has 94 valence electrons. The van der Waals surface area contributed by atoms with Crippen molar-refractivity contribution in [3.05, 3.63) is 35.9 Å². The molecule has 3 heteroatoms. The maximum absolute atomic E-state index is 10.9. The number of hydrogen-bond donors (Lipinski definition) is 2. The van der Waals surface area contributed by atoms with Gasteiger partial charge in [-0.3, -0.25) is 4.79 Å². The zero-order valence-corrected chi connectivity index (χ0v) is 10.5. The molecular formula is C14H21NO2. The van der Waals surface area contributed by atoms with E-state index in [1.165, 1.54) is 5.56 Å². The maximum atomic E-state index is 10.9. The van der Waals surface area contributed by atoms with Gasteiger partial charge in [0, 0.05) is 0 Å². The third-order valence-corrected chi connectivity index (χ3v) is 3.07. The molecule has 0 aliphatic carbocycles. The Hall–Kier alpha value is -1.35. The van der Waals surface area contributed by atoms with Crippen LogP contribution in [-0.4, -0.2) is 16.6 Å². The summed E-state index contributed by atoms with van der Waals surface area (Å²) >= 11 is 0. The van der Waals surface area contributed by atoms with Gasteiger partial charge in [-0.15, -0.1) is 0 Å². The summed E-state index contributed by atoms with van der Waals surface area (Å²) in [6.07, 6.45) is 2.31. The van der Waals surface area contributed by atoms with Crippen LogP contribution in [0.2, 0.25) is 0 Å². The summed E-state index contributed by atoms with van der Waals surface area (Å²) < 4.78 is 0. The number of nitrogens with two attached hydrogens (primary N) is 1. The van der Waals surface area contributed by atoms with E-state index in [1.54, 1.807) is 6.92 Å². The Labute approximate surface area is 103 Å². The molecule has 2 unspecified atom stereocenters. The molecule has 1 aromatic rings. The molecule has 0 spiro atoms. The van der Waals surface area contributed by atoms with Crippen LogP contribution in [0.3, 0.4) is 0 Å². The van der Waals surface area contributed by atoms with Crippen LogP contribution in [0.25, 0.3) is 0 Å². The van der Waals surface area contributed by atoms with Crippen molar-refractivity contribution < 1.29 is 9.90 Å². The Morgan fingerprint density at radius 3 is 2.53 bits per heavy atom. The summed E-state index contributed by atoms with van der Waals surface area (Å²) in [6.45, 7) is 3.70. The fourth-order valence-electron chi connectivity index (χ4n) is 1.77. The predicted molar refractivity (Wildman–Crippen MR) is 68.8 cm³/mol. The summed E-state index contributed by atoms with van der Waals surface area (Å²) in [5.74, 6) is -0.482. The molecule has 0 aliphatic rings. The van der Waals surface area contributed by atoms with Gasteiger partial charge < -0.3 is 10.8 Å². The Kier molecular flexibility index (Phi) is 4.70. The quantitative estimate of drug-likeness (QED) is 0.796. The smallest absolute Gasteiger partial charge is 0.323 e. The van der Waals surface area contributed by atoms with Crippen molar-refractivity contribution in [2.24, 2.45) is 11.7 Å². The molecule has 0 bridgehead atoms. The zero-order chi connectivity index (χ0) is 12.9. The molecule has 0 saturated carbocycles. The predicted octanol–water partition coefficient (Wildman–Crippen LogP) is 2.45. The largest absolute Gasteiger partial charge is 0.480 e. The second-order valence-corrected chi connectivity index (χ2v) is 5.06. The number of carbonyl (C=O) groups is 1. The van der Waals surface area contributed by atoms with E-state index < -0.39 is 11.5 Å². The SMILES string of the molecule is CC(CCC(C)(N)C(=O)O)Cc1ccccc1. The van der Waals surface area contributed by atoms with Gasteiger partial charge in [-0.2, -0.15) is 0 Å². The second kappa shape index (κ2) is 5.82. The molecule has 17 heavy (non-hydrogen) atoms. The molecule has 0 radical (unpaired) electrons. The lowest BCUT2D eigenvalue weighted by atomic mass is 9.89. The number of rotatable bonds is 6. The van der Waals surface area contributed by atoms with Gasteiger partial charge in [-0.1, -0.05) is 37.3 Å². The normalized spacial score (nSPS) is 16.2. The van der Waals surface area contributed by atoms with Crippen LogP contribution in [0, 0.1) is 5.92 Å².